The van der Waals surface area contributed by atoms with Gasteiger partial charge in [0.2, 0.25) is 5.95 Å². The van der Waals surface area contributed by atoms with E-state index in [0.717, 1.165) is 29.8 Å². The van der Waals surface area contributed by atoms with Crippen molar-refractivity contribution in [3.63, 3.8) is 0 Å². The summed E-state index contributed by atoms with van der Waals surface area (Å²) in [6, 6.07) is 15.4. The fourth-order valence-electron chi connectivity index (χ4n) is 3.89. The van der Waals surface area contributed by atoms with Gasteiger partial charge in [0.25, 0.3) is 0 Å². The first-order chi connectivity index (χ1) is 14.2. The van der Waals surface area contributed by atoms with Gasteiger partial charge in [-0.05, 0) is 60.2 Å². The lowest BCUT2D eigenvalue weighted by Crippen LogP contribution is -2.10. The lowest BCUT2D eigenvalue weighted by atomic mass is 10.1. The van der Waals surface area contributed by atoms with Gasteiger partial charge >= 0.3 is 0 Å². The molecule has 0 unspecified atom stereocenters. The van der Waals surface area contributed by atoms with Gasteiger partial charge in [-0.25, -0.2) is 4.98 Å². The molecule has 6 nitrogen and oxygen atoms in total. The van der Waals surface area contributed by atoms with Gasteiger partial charge in [0.15, 0.2) is 11.1 Å². The quantitative estimate of drug-likeness (QED) is 0.563. The first-order valence-electron chi connectivity index (χ1n) is 9.69. The van der Waals surface area contributed by atoms with E-state index in [0.29, 0.717) is 17.0 Å². The molecule has 6 heteroatoms. The Morgan fingerprint density at radius 2 is 1.97 bits per heavy atom. The molecule has 29 heavy (non-hydrogen) atoms. The topological polar surface area (TPSA) is 80.0 Å². The van der Waals surface area contributed by atoms with Crippen molar-refractivity contribution < 1.29 is 5.11 Å². The van der Waals surface area contributed by atoms with E-state index in [4.69, 9.17) is 0 Å². The number of fused-ring (bicyclic) bond motifs is 2. The number of pyridine rings is 1. The van der Waals surface area contributed by atoms with Crippen LogP contribution in [0.25, 0.3) is 16.7 Å². The third kappa shape index (κ3) is 3.28. The smallest absolute Gasteiger partial charge is 0.229 e. The molecule has 144 valence electrons. The third-order valence-corrected chi connectivity index (χ3v) is 5.36. The minimum absolute atomic E-state index is 0.0357. The first-order valence-corrected chi connectivity index (χ1v) is 9.69. The molecular formula is C23H20N4O2. The molecule has 0 saturated carbocycles. The number of aliphatic hydroxyl groups excluding tert-OH is 1. The summed E-state index contributed by atoms with van der Waals surface area (Å²) in [5.41, 5.74) is 5.78. The van der Waals surface area contributed by atoms with E-state index in [9.17, 15) is 9.90 Å². The SMILES string of the molecule is O=c1ccn(-c2ccc3c(c2)CCC3)c2nc(Nc3cccc(CO)c3)ncc12. The van der Waals surface area contributed by atoms with E-state index in [-0.39, 0.29) is 12.0 Å². The Morgan fingerprint density at radius 3 is 2.86 bits per heavy atom. The zero-order chi connectivity index (χ0) is 19.8. The predicted molar refractivity (Wildman–Crippen MR) is 113 cm³/mol. The van der Waals surface area contributed by atoms with Crippen LogP contribution in [0.4, 0.5) is 11.6 Å². The Kier molecular flexibility index (Phi) is 4.33. The molecular weight excluding hydrogens is 364 g/mol. The molecule has 2 heterocycles. The van der Waals surface area contributed by atoms with Crippen molar-refractivity contribution in [2.45, 2.75) is 25.9 Å². The van der Waals surface area contributed by atoms with E-state index < -0.39 is 0 Å². The normalized spacial score (nSPS) is 12.9. The van der Waals surface area contributed by atoms with Crippen LogP contribution in [0, 0.1) is 0 Å². The van der Waals surface area contributed by atoms with Gasteiger partial charge in [-0.15, -0.1) is 0 Å². The van der Waals surface area contributed by atoms with Crippen LogP contribution in [-0.2, 0) is 19.4 Å². The van der Waals surface area contributed by atoms with Crippen LogP contribution >= 0.6 is 0 Å². The molecule has 0 radical (unpaired) electrons. The van der Waals surface area contributed by atoms with E-state index >= 15 is 0 Å². The number of nitrogens with one attached hydrogen (secondary N) is 1. The Bertz CT molecular complexity index is 1280. The highest BCUT2D eigenvalue weighted by atomic mass is 16.3. The second kappa shape index (κ2) is 7.14. The first kappa shape index (κ1) is 17.6. The molecule has 1 aliphatic rings. The molecule has 0 spiro atoms. The van der Waals surface area contributed by atoms with Crippen molar-refractivity contribution in [1.82, 2.24) is 14.5 Å². The Labute approximate surface area is 167 Å². The van der Waals surface area contributed by atoms with Crippen molar-refractivity contribution in [1.29, 1.82) is 0 Å². The van der Waals surface area contributed by atoms with E-state index in [1.54, 1.807) is 18.5 Å². The molecule has 4 aromatic rings. The van der Waals surface area contributed by atoms with Crippen LogP contribution in [-0.4, -0.2) is 19.6 Å². The summed E-state index contributed by atoms with van der Waals surface area (Å²) in [7, 11) is 0. The van der Waals surface area contributed by atoms with E-state index in [2.05, 4.69) is 33.5 Å². The maximum atomic E-state index is 12.4. The molecule has 0 aliphatic heterocycles. The summed E-state index contributed by atoms with van der Waals surface area (Å²) in [5.74, 6) is 0.396. The highest BCUT2D eigenvalue weighted by molar-refractivity contribution is 5.77. The summed E-state index contributed by atoms with van der Waals surface area (Å²) in [6.07, 6.45) is 6.73. The predicted octanol–water partition coefficient (Wildman–Crippen LogP) is 3.51. The van der Waals surface area contributed by atoms with Crippen LogP contribution in [0.1, 0.15) is 23.1 Å². The number of anilines is 2. The fourth-order valence-corrected chi connectivity index (χ4v) is 3.89. The van der Waals surface area contributed by atoms with Crippen LogP contribution in [0.5, 0.6) is 0 Å². The van der Waals surface area contributed by atoms with Crippen LogP contribution < -0.4 is 10.7 Å². The largest absolute Gasteiger partial charge is 0.392 e. The summed E-state index contributed by atoms with van der Waals surface area (Å²) in [4.78, 5) is 21.3. The van der Waals surface area contributed by atoms with Crippen LogP contribution in [0.2, 0.25) is 0 Å². The molecule has 2 aromatic carbocycles. The van der Waals surface area contributed by atoms with Crippen molar-refractivity contribution in [2.24, 2.45) is 0 Å². The second-order valence-corrected chi connectivity index (χ2v) is 7.27. The van der Waals surface area contributed by atoms with E-state index in [1.165, 1.54) is 17.5 Å². The summed E-state index contributed by atoms with van der Waals surface area (Å²) < 4.78 is 1.94. The van der Waals surface area contributed by atoms with Crippen LogP contribution in [0.3, 0.4) is 0 Å². The van der Waals surface area contributed by atoms with Gasteiger partial charge < -0.3 is 15.0 Å². The number of rotatable bonds is 4. The van der Waals surface area contributed by atoms with Crippen LogP contribution in [0.15, 0.2) is 65.7 Å². The number of aromatic nitrogens is 3. The van der Waals surface area contributed by atoms with Gasteiger partial charge in [-0.2, -0.15) is 4.98 Å². The van der Waals surface area contributed by atoms with Gasteiger partial charge in [0.05, 0.1) is 12.0 Å². The lowest BCUT2D eigenvalue weighted by molar-refractivity contribution is 0.282. The summed E-state index contributed by atoms with van der Waals surface area (Å²) >= 11 is 0. The Hall–Kier alpha value is -3.51. The maximum absolute atomic E-state index is 12.4. The average molecular weight is 384 g/mol. The third-order valence-electron chi connectivity index (χ3n) is 5.36. The number of hydrogen-bond acceptors (Lipinski definition) is 5. The average Bonchev–Trinajstić information content (AvgIpc) is 3.22. The molecule has 2 N–H and O–H groups in total. The van der Waals surface area contributed by atoms with Gasteiger partial charge in [-0.3, -0.25) is 4.79 Å². The van der Waals surface area contributed by atoms with Crippen molar-refractivity contribution in [2.75, 3.05) is 5.32 Å². The standard InChI is InChI=1S/C23H20N4O2/c28-14-15-3-1-6-18(11-15)25-23-24-13-20-21(29)9-10-27(22(20)26-23)19-8-7-16-4-2-5-17(16)12-19/h1,3,6-13,28H,2,4-5,14H2,(H,24,25,26). The van der Waals surface area contributed by atoms with Gasteiger partial charge in [0, 0.05) is 29.8 Å². The zero-order valence-corrected chi connectivity index (χ0v) is 15.8. The minimum Gasteiger partial charge on any atom is -0.392 e. The Balaban J connectivity index is 1.60. The number of aryl methyl sites for hydroxylation is 2. The molecule has 2 aromatic heterocycles. The van der Waals surface area contributed by atoms with Crippen molar-refractivity contribution >= 4 is 22.7 Å². The van der Waals surface area contributed by atoms with Crippen molar-refractivity contribution in [3.8, 4) is 5.69 Å². The molecule has 5 rings (SSSR count). The summed E-state index contributed by atoms with van der Waals surface area (Å²) in [6.45, 7) is -0.0357. The van der Waals surface area contributed by atoms with E-state index in [1.807, 2.05) is 28.8 Å². The highest BCUT2D eigenvalue weighted by Gasteiger charge is 2.14. The summed E-state index contributed by atoms with van der Waals surface area (Å²) in [5, 5.41) is 13.0. The Morgan fingerprint density at radius 1 is 1.07 bits per heavy atom. The fraction of sp³-hybridized carbons (Fsp3) is 0.174. The number of nitrogens with zero attached hydrogens (tertiary/aromatic N) is 3. The molecule has 0 fully saturated rings. The molecule has 0 saturated heterocycles. The number of hydrogen-bond donors (Lipinski definition) is 2. The van der Waals surface area contributed by atoms with Gasteiger partial charge in [-0.1, -0.05) is 18.2 Å². The van der Waals surface area contributed by atoms with Crippen molar-refractivity contribution in [3.05, 3.63) is 87.8 Å². The molecule has 0 bridgehead atoms. The maximum Gasteiger partial charge on any atom is 0.229 e. The number of aliphatic hydroxyl groups is 1. The second-order valence-electron chi connectivity index (χ2n) is 7.27. The number of benzene rings is 2. The lowest BCUT2D eigenvalue weighted by Gasteiger charge is -2.13. The highest BCUT2D eigenvalue weighted by Crippen LogP contribution is 2.26. The monoisotopic (exact) mass is 384 g/mol. The minimum atomic E-state index is -0.105. The van der Waals surface area contributed by atoms with Gasteiger partial charge in [0.1, 0.15) is 0 Å². The molecule has 0 amide bonds. The molecule has 0 atom stereocenters. The zero-order valence-electron chi connectivity index (χ0n) is 15.8. The molecule has 1 aliphatic carbocycles.